The summed E-state index contributed by atoms with van der Waals surface area (Å²) in [4.78, 5) is 6.82. The van der Waals surface area contributed by atoms with E-state index in [1.54, 1.807) is 12.5 Å². The Bertz CT molecular complexity index is 146. The van der Waals surface area contributed by atoms with E-state index in [0.29, 0.717) is 0 Å². The molecule has 0 saturated heterocycles. The lowest BCUT2D eigenvalue weighted by atomic mass is 10.3. The van der Waals surface area contributed by atoms with Crippen molar-refractivity contribution in [2.75, 3.05) is 6.54 Å². The molecule has 0 saturated carbocycles. The second-order valence-electron chi connectivity index (χ2n) is 1.78. The number of nitrogens with two attached hydrogens (primary N) is 1. The minimum Gasteiger partial charge on any atom is -0.348 e. The highest BCUT2D eigenvalue weighted by atomic mass is 15.2. The number of hydrogen-bond donors (Lipinski definition) is 3. The van der Waals surface area contributed by atoms with E-state index in [0.717, 1.165) is 18.7 Å². The molecule has 1 aromatic rings. The predicted molar refractivity (Wildman–Crippen MR) is 34.5 cm³/mol. The van der Waals surface area contributed by atoms with Crippen LogP contribution in [-0.4, -0.2) is 16.5 Å². The maximum atomic E-state index is 5.06. The summed E-state index contributed by atoms with van der Waals surface area (Å²) >= 11 is 0. The quantitative estimate of drug-likeness (QED) is 0.375. The van der Waals surface area contributed by atoms with Crippen LogP contribution in [0.4, 0.5) is 0 Å². The number of imidazole rings is 1. The Balaban J connectivity index is 2.30. The fourth-order valence-electron chi connectivity index (χ4n) is 0.628. The Kier molecular flexibility index (Phi) is 2.23. The van der Waals surface area contributed by atoms with E-state index in [2.05, 4.69) is 15.4 Å². The molecule has 1 heterocycles. The Hall–Kier alpha value is -0.870. The van der Waals surface area contributed by atoms with Gasteiger partial charge in [0.25, 0.3) is 0 Å². The Morgan fingerprint density at radius 2 is 2.67 bits per heavy atom. The van der Waals surface area contributed by atoms with Crippen molar-refractivity contribution < 1.29 is 0 Å². The van der Waals surface area contributed by atoms with E-state index in [4.69, 9.17) is 5.84 Å². The van der Waals surface area contributed by atoms with E-state index >= 15 is 0 Å². The van der Waals surface area contributed by atoms with E-state index in [1.807, 2.05) is 0 Å². The predicted octanol–water partition coefficient (Wildman–Crippen LogP) is -0.585. The summed E-state index contributed by atoms with van der Waals surface area (Å²) < 4.78 is 0. The summed E-state index contributed by atoms with van der Waals surface area (Å²) in [5, 5.41) is 0. The SMILES string of the molecule is NNCCc1cnc[nH]1. The molecule has 1 aromatic heterocycles. The molecule has 0 aliphatic heterocycles. The van der Waals surface area contributed by atoms with Crippen LogP contribution in [-0.2, 0) is 6.42 Å². The monoisotopic (exact) mass is 126 g/mol. The van der Waals surface area contributed by atoms with Gasteiger partial charge >= 0.3 is 0 Å². The molecule has 0 unspecified atom stereocenters. The number of rotatable bonds is 3. The molecule has 0 spiro atoms. The molecule has 0 amide bonds. The molecule has 50 valence electrons. The zero-order chi connectivity index (χ0) is 6.53. The maximum Gasteiger partial charge on any atom is 0.0921 e. The van der Waals surface area contributed by atoms with Gasteiger partial charge in [-0.3, -0.25) is 11.3 Å². The molecule has 4 nitrogen and oxygen atoms in total. The summed E-state index contributed by atoms with van der Waals surface area (Å²) in [5.74, 6) is 5.06. The molecule has 4 heteroatoms. The van der Waals surface area contributed by atoms with Crippen LogP contribution in [0.15, 0.2) is 12.5 Å². The molecule has 0 aromatic carbocycles. The zero-order valence-corrected chi connectivity index (χ0v) is 5.09. The van der Waals surface area contributed by atoms with Crippen LogP contribution in [0.2, 0.25) is 0 Å². The van der Waals surface area contributed by atoms with E-state index < -0.39 is 0 Å². The minimum atomic E-state index is 0.780. The smallest absolute Gasteiger partial charge is 0.0921 e. The zero-order valence-electron chi connectivity index (χ0n) is 5.09. The first-order chi connectivity index (χ1) is 4.43. The van der Waals surface area contributed by atoms with Gasteiger partial charge in [-0.1, -0.05) is 0 Å². The Morgan fingerprint density at radius 3 is 3.22 bits per heavy atom. The summed E-state index contributed by atoms with van der Waals surface area (Å²) in [6.07, 6.45) is 4.35. The first-order valence-corrected chi connectivity index (χ1v) is 2.84. The van der Waals surface area contributed by atoms with Gasteiger partial charge in [0, 0.05) is 24.9 Å². The number of hydrazine groups is 1. The average Bonchev–Trinajstić information content (AvgIpc) is 2.34. The highest BCUT2D eigenvalue weighted by Gasteiger charge is 1.89. The van der Waals surface area contributed by atoms with Crippen LogP contribution in [0.5, 0.6) is 0 Å². The van der Waals surface area contributed by atoms with Crippen LogP contribution < -0.4 is 11.3 Å². The van der Waals surface area contributed by atoms with Gasteiger partial charge in [-0.25, -0.2) is 4.98 Å². The van der Waals surface area contributed by atoms with Crippen molar-refractivity contribution in [1.82, 2.24) is 15.4 Å². The first kappa shape index (κ1) is 6.25. The van der Waals surface area contributed by atoms with Crippen molar-refractivity contribution in [1.29, 1.82) is 0 Å². The van der Waals surface area contributed by atoms with Gasteiger partial charge in [0.2, 0.25) is 0 Å². The third-order valence-electron chi connectivity index (χ3n) is 1.09. The summed E-state index contributed by atoms with van der Waals surface area (Å²) in [5.41, 5.74) is 3.66. The van der Waals surface area contributed by atoms with Crippen LogP contribution in [0, 0.1) is 0 Å². The van der Waals surface area contributed by atoms with Crippen molar-refractivity contribution in [3.8, 4) is 0 Å². The summed E-state index contributed by atoms with van der Waals surface area (Å²) in [7, 11) is 0. The lowest BCUT2D eigenvalue weighted by Gasteiger charge is -1.93. The molecule has 0 fully saturated rings. The highest BCUT2D eigenvalue weighted by Crippen LogP contribution is 1.88. The molecular weight excluding hydrogens is 116 g/mol. The van der Waals surface area contributed by atoms with Gasteiger partial charge in [-0.15, -0.1) is 0 Å². The molecule has 1 rings (SSSR count). The Labute approximate surface area is 53.4 Å². The summed E-state index contributed by atoms with van der Waals surface area (Å²) in [6, 6.07) is 0. The lowest BCUT2D eigenvalue weighted by molar-refractivity contribution is 0.720. The van der Waals surface area contributed by atoms with E-state index in [9.17, 15) is 0 Å². The van der Waals surface area contributed by atoms with Crippen molar-refractivity contribution in [3.63, 3.8) is 0 Å². The second kappa shape index (κ2) is 3.21. The van der Waals surface area contributed by atoms with Crippen molar-refractivity contribution >= 4 is 0 Å². The molecule has 4 N–H and O–H groups in total. The normalized spacial score (nSPS) is 9.89. The van der Waals surface area contributed by atoms with E-state index in [-0.39, 0.29) is 0 Å². The molecule has 0 radical (unpaired) electrons. The van der Waals surface area contributed by atoms with Crippen molar-refractivity contribution in [2.45, 2.75) is 6.42 Å². The van der Waals surface area contributed by atoms with E-state index in [1.165, 1.54) is 0 Å². The number of aromatic nitrogens is 2. The van der Waals surface area contributed by atoms with Crippen LogP contribution in [0.3, 0.4) is 0 Å². The number of hydrogen-bond acceptors (Lipinski definition) is 3. The fourth-order valence-corrected chi connectivity index (χ4v) is 0.628. The number of nitrogens with one attached hydrogen (secondary N) is 2. The fraction of sp³-hybridized carbons (Fsp3) is 0.400. The topological polar surface area (TPSA) is 66.7 Å². The molecule has 0 aliphatic carbocycles. The second-order valence-corrected chi connectivity index (χ2v) is 1.78. The van der Waals surface area contributed by atoms with Gasteiger partial charge in [0.05, 0.1) is 6.33 Å². The standard InChI is InChI=1S/C5H10N4/c6-9-2-1-5-3-7-4-8-5/h3-4,9H,1-2,6H2,(H,7,8). The molecule has 0 bridgehead atoms. The van der Waals surface area contributed by atoms with Crippen LogP contribution in [0.25, 0.3) is 0 Å². The molecule has 0 aliphatic rings. The third-order valence-corrected chi connectivity index (χ3v) is 1.09. The molecule has 9 heavy (non-hydrogen) atoms. The number of H-pyrrole nitrogens is 1. The lowest BCUT2D eigenvalue weighted by Crippen LogP contribution is -2.24. The van der Waals surface area contributed by atoms with Gasteiger partial charge in [-0.05, 0) is 0 Å². The third kappa shape index (κ3) is 1.83. The van der Waals surface area contributed by atoms with Gasteiger partial charge in [0.15, 0.2) is 0 Å². The largest absolute Gasteiger partial charge is 0.348 e. The van der Waals surface area contributed by atoms with Gasteiger partial charge in [0.1, 0.15) is 0 Å². The van der Waals surface area contributed by atoms with Crippen molar-refractivity contribution in [2.24, 2.45) is 5.84 Å². The first-order valence-electron chi connectivity index (χ1n) is 2.84. The summed E-state index contributed by atoms with van der Waals surface area (Å²) in [6.45, 7) is 0.780. The molecule has 0 atom stereocenters. The number of aromatic amines is 1. The van der Waals surface area contributed by atoms with Gasteiger partial charge in [-0.2, -0.15) is 0 Å². The Morgan fingerprint density at radius 1 is 1.78 bits per heavy atom. The number of nitrogens with zero attached hydrogens (tertiary/aromatic N) is 1. The minimum absolute atomic E-state index is 0.780. The highest BCUT2D eigenvalue weighted by molar-refractivity contribution is 4.94. The van der Waals surface area contributed by atoms with Crippen LogP contribution >= 0.6 is 0 Å². The van der Waals surface area contributed by atoms with Crippen molar-refractivity contribution in [3.05, 3.63) is 18.2 Å². The average molecular weight is 126 g/mol. The van der Waals surface area contributed by atoms with Gasteiger partial charge < -0.3 is 4.98 Å². The van der Waals surface area contributed by atoms with Crippen LogP contribution in [0.1, 0.15) is 5.69 Å². The maximum absolute atomic E-state index is 5.06. The molecular formula is C5H10N4.